The van der Waals surface area contributed by atoms with E-state index in [0.29, 0.717) is 29.8 Å². The quantitative estimate of drug-likeness (QED) is 0.848. The lowest BCUT2D eigenvalue weighted by atomic mass is 9.99. The fourth-order valence-electron chi connectivity index (χ4n) is 3.71. The molecule has 3 aliphatic rings. The van der Waals surface area contributed by atoms with Gasteiger partial charge in [0.2, 0.25) is 11.8 Å². The van der Waals surface area contributed by atoms with Gasteiger partial charge in [-0.2, -0.15) is 0 Å². The molecule has 0 aromatic carbocycles. The van der Waals surface area contributed by atoms with Crippen LogP contribution in [-0.2, 0) is 4.79 Å². The number of pyridine rings is 1. The highest BCUT2D eigenvalue weighted by molar-refractivity contribution is 5.82. The van der Waals surface area contributed by atoms with Gasteiger partial charge in [0.05, 0.1) is 0 Å². The number of ether oxygens (including phenoxy) is 1. The number of hydrogen-bond acceptors (Lipinski definition) is 3. The van der Waals surface area contributed by atoms with Gasteiger partial charge < -0.3 is 9.64 Å². The Labute approximate surface area is 119 Å². The molecule has 1 aliphatic carbocycles. The maximum Gasteiger partial charge on any atom is 0.226 e. The topological polar surface area (TPSA) is 42.4 Å². The van der Waals surface area contributed by atoms with E-state index in [1.807, 2.05) is 18.2 Å². The summed E-state index contributed by atoms with van der Waals surface area (Å²) in [5.41, 5.74) is 0. The van der Waals surface area contributed by atoms with E-state index < -0.39 is 0 Å². The minimum atomic E-state index is 0.214. The molecule has 0 spiro atoms. The van der Waals surface area contributed by atoms with Crippen LogP contribution >= 0.6 is 0 Å². The first-order chi connectivity index (χ1) is 9.81. The zero-order valence-corrected chi connectivity index (χ0v) is 11.6. The Hall–Kier alpha value is -1.58. The molecule has 3 fully saturated rings. The average Bonchev–Trinajstić information content (AvgIpc) is 3.26. The third-order valence-corrected chi connectivity index (χ3v) is 4.80. The van der Waals surface area contributed by atoms with Gasteiger partial charge in [0, 0.05) is 43.1 Å². The molecule has 1 saturated carbocycles. The molecule has 2 unspecified atom stereocenters. The van der Waals surface area contributed by atoms with Gasteiger partial charge in [-0.05, 0) is 31.7 Å². The van der Waals surface area contributed by atoms with Crippen LogP contribution in [0, 0.1) is 5.92 Å². The Morgan fingerprint density at radius 3 is 2.50 bits per heavy atom. The second kappa shape index (κ2) is 4.76. The molecule has 4 rings (SSSR count). The molecule has 2 saturated heterocycles. The van der Waals surface area contributed by atoms with Crippen LogP contribution in [-0.4, -0.2) is 34.0 Å². The van der Waals surface area contributed by atoms with E-state index in [-0.39, 0.29) is 6.10 Å². The van der Waals surface area contributed by atoms with Gasteiger partial charge in [-0.25, -0.2) is 4.98 Å². The molecule has 106 valence electrons. The summed E-state index contributed by atoms with van der Waals surface area (Å²) in [6.45, 7) is 0. The number of nitrogens with zero attached hydrogens (tertiary/aromatic N) is 2. The monoisotopic (exact) mass is 272 g/mol. The number of amides is 1. The number of carbonyl (C=O) groups is 1. The molecule has 3 heterocycles. The Bertz CT molecular complexity index is 486. The van der Waals surface area contributed by atoms with Gasteiger partial charge in [0.15, 0.2) is 0 Å². The lowest BCUT2D eigenvalue weighted by Crippen LogP contribution is -2.49. The van der Waals surface area contributed by atoms with E-state index in [9.17, 15) is 4.79 Å². The van der Waals surface area contributed by atoms with Crippen LogP contribution in [0.5, 0.6) is 5.88 Å². The highest BCUT2D eigenvalue weighted by atomic mass is 16.5. The molecule has 0 N–H and O–H groups in total. The van der Waals surface area contributed by atoms with Gasteiger partial charge in [-0.15, -0.1) is 0 Å². The number of aromatic nitrogens is 1. The lowest BCUT2D eigenvalue weighted by molar-refractivity contribution is -0.138. The zero-order valence-electron chi connectivity index (χ0n) is 11.6. The predicted molar refractivity (Wildman–Crippen MR) is 74.3 cm³/mol. The Morgan fingerprint density at radius 1 is 1.15 bits per heavy atom. The van der Waals surface area contributed by atoms with Crippen molar-refractivity contribution in [3.05, 3.63) is 24.4 Å². The fraction of sp³-hybridized carbons (Fsp3) is 0.625. The van der Waals surface area contributed by atoms with Gasteiger partial charge in [-0.3, -0.25) is 4.79 Å². The van der Waals surface area contributed by atoms with Crippen molar-refractivity contribution < 1.29 is 9.53 Å². The second-order valence-corrected chi connectivity index (χ2v) is 6.28. The van der Waals surface area contributed by atoms with Crippen LogP contribution in [0.15, 0.2) is 24.4 Å². The number of piperidine rings is 1. The van der Waals surface area contributed by atoms with Crippen molar-refractivity contribution in [2.24, 2.45) is 5.92 Å². The summed E-state index contributed by atoms with van der Waals surface area (Å²) in [6.07, 6.45) is 8.39. The van der Waals surface area contributed by atoms with Gasteiger partial charge in [0.1, 0.15) is 6.10 Å². The summed E-state index contributed by atoms with van der Waals surface area (Å²) in [5.74, 6) is 1.46. The number of rotatable bonds is 3. The molecule has 1 aromatic rings. The predicted octanol–water partition coefficient (Wildman–Crippen LogP) is 2.39. The Balaban J connectivity index is 1.43. The standard InChI is InChI=1S/C16H20N2O2/c19-16(11-4-5-11)18-12-6-7-13(18)10-14(9-12)20-15-3-1-2-8-17-15/h1-3,8,11-14H,4-7,9-10H2. The molecule has 4 heteroatoms. The maximum atomic E-state index is 12.4. The van der Waals surface area contributed by atoms with Crippen molar-refractivity contribution in [3.8, 4) is 5.88 Å². The van der Waals surface area contributed by atoms with Crippen molar-refractivity contribution in [2.75, 3.05) is 0 Å². The first-order valence-corrected chi connectivity index (χ1v) is 7.71. The number of carbonyl (C=O) groups excluding carboxylic acids is 1. The van der Waals surface area contributed by atoms with Crippen molar-refractivity contribution in [1.29, 1.82) is 0 Å². The van der Waals surface area contributed by atoms with E-state index >= 15 is 0 Å². The Kier molecular flexibility index (Phi) is 2.90. The van der Waals surface area contributed by atoms with Crippen LogP contribution in [0.4, 0.5) is 0 Å². The van der Waals surface area contributed by atoms with Crippen LogP contribution in [0.25, 0.3) is 0 Å². The first-order valence-electron chi connectivity index (χ1n) is 7.71. The van der Waals surface area contributed by atoms with E-state index in [2.05, 4.69) is 9.88 Å². The van der Waals surface area contributed by atoms with E-state index in [4.69, 9.17) is 4.74 Å². The van der Waals surface area contributed by atoms with Crippen LogP contribution < -0.4 is 4.74 Å². The summed E-state index contributed by atoms with van der Waals surface area (Å²) in [7, 11) is 0. The smallest absolute Gasteiger partial charge is 0.226 e. The largest absolute Gasteiger partial charge is 0.474 e. The highest BCUT2D eigenvalue weighted by Crippen LogP contribution is 2.41. The summed E-state index contributed by atoms with van der Waals surface area (Å²) in [5, 5.41) is 0. The van der Waals surface area contributed by atoms with Gasteiger partial charge in [-0.1, -0.05) is 6.07 Å². The molecule has 1 aromatic heterocycles. The fourth-order valence-corrected chi connectivity index (χ4v) is 3.71. The minimum Gasteiger partial charge on any atom is -0.474 e. The number of hydrogen-bond donors (Lipinski definition) is 0. The molecule has 0 radical (unpaired) electrons. The zero-order chi connectivity index (χ0) is 13.5. The Morgan fingerprint density at radius 2 is 1.90 bits per heavy atom. The van der Waals surface area contributed by atoms with Crippen LogP contribution in [0.2, 0.25) is 0 Å². The normalized spacial score (nSPS) is 32.2. The van der Waals surface area contributed by atoms with Crippen LogP contribution in [0.1, 0.15) is 38.5 Å². The summed E-state index contributed by atoms with van der Waals surface area (Å²) in [6, 6.07) is 6.55. The van der Waals surface area contributed by atoms with Crippen molar-refractivity contribution in [3.63, 3.8) is 0 Å². The second-order valence-electron chi connectivity index (χ2n) is 6.28. The summed E-state index contributed by atoms with van der Waals surface area (Å²) in [4.78, 5) is 18.8. The molecule has 2 bridgehead atoms. The van der Waals surface area contributed by atoms with E-state index in [1.165, 1.54) is 0 Å². The summed E-state index contributed by atoms with van der Waals surface area (Å²) >= 11 is 0. The molecular weight excluding hydrogens is 252 g/mol. The molecule has 20 heavy (non-hydrogen) atoms. The minimum absolute atomic E-state index is 0.214. The first kappa shape index (κ1) is 12.2. The molecule has 2 aliphatic heterocycles. The molecule has 2 atom stereocenters. The number of fused-ring (bicyclic) bond motifs is 2. The highest BCUT2D eigenvalue weighted by Gasteiger charge is 2.47. The maximum absolute atomic E-state index is 12.4. The van der Waals surface area contributed by atoms with E-state index in [1.54, 1.807) is 6.20 Å². The van der Waals surface area contributed by atoms with Crippen LogP contribution in [0.3, 0.4) is 0 Å². The third kappa shape index (κ3) is 2.17. The van der Waals surface area contributed by atoms with Crippen molar-refractivity contribution in [1.82, 2.24) is 9.88 Å². The molecule has 1 amide bonds. The molecule has 4 nitrogen and oxygen atoms in total. The lowest BCUT2D eigenvalue weighted by Gasteiger charge is -2.38. The average molecular weight is 272 g/mol. The van der Waals surface area contributed by atoms with Crippen molar-refractivity contribution in [2.45, 2.75) is 56.7 Å². The van der Waals surface area contributed by atoms with E-state index in [0.717, 1.165) is 38.5 Å². The summed E-state index contributed by atoms with van der Waals surface area (Å²) < 4.78 is 5.99. The van der Waals surface area contributed by atoms with Gasteiger partial charge in [0.25, 0.3) is 0 Å². The SMILES string of the molecule is O=C(C1CC1)N1C2CCC1CC(Oc1ccccn1)C2. The van der Waals surface area contributed by atoms with Gasteiger partial charge >= 0.3 is 0 Å². The third-order valence-electron chi connectivity index (χ3n) is 4.80. The van der Waals surface area contributed by atoms with Crippen molar-refractivity contribution >= 4 is 5.91 Å². The molecular formula is C16H20N2O2.